The summed E-state index contributed by atoms with van der Waals surface area (Å²) in [4.78, 5) is 55.2. The van der Waals surface area contributed by atoms with E-state index in [2.05, 4.69) is 10.3 Å². The van der Waals surface area contributed by atoms with Crippen molar-refractivity contribution in [1.82, 2.24) is 20.1 Å². The summed E-state index contributed by atoms with van der Waals surface area (Å²) in [7, 11) is 0. The number of aromatic nitrogens is 3. The molecule has 3 atom stereocenters. The zero-order chi connectivity index (χ0) is 40.7. The van der Waals surface area contributed by atoms with Crippen LogP contribution < -0.4 is 15.0 Å². The van der Waals surface area contributed by atoms with Gasteiger partial charge in [0.2, 0.25) is 0 Å². The number of non-ortho nitro benzene ring substituents is 1. The summed E-state index contributed by atoms with van der Waals surface area (Å²) in [6, 6.07) is 10.5. The van der Waals surface area contributed by atoms with E-state index in [0.29, 0.717) is 49.3 Å². The summed E-state index contributed by atoms with van der Waals surface area (Å²) in [6.07, 6.45) is 6.17. The number of nitro benzene ring substituents is 1. The highest BCUT2D eigenvalue weighted by Crippen LogP contribution is 2.40. The second-order valence-electron chi connectivity index (χ2n) is 16.6. The number of nitrogens with zero attached hydrogens (tertiary/aromatic N) is 5. The lowest BCUT2D eigenvalue weighted by molar-refractivity contribution is -0.384. The zero-order valence-electron chi connectivity index (χ0n) is 33.5. The van der Waals surface area contributed by atoms with Crippen LogP contribution in [-0.4, -0.2) is 61.4 Å². The van der Waals surface area contributed by atoms with Crippen LogP contribution in [0.1, 0.15) is 119 Å². The Morgan fingerprint density at radius 1 is 1.00 bits per heavy atom. The van der Waals surface area contributed by atoms with Crippen molar-refractivity contribution >= 4 is 41.6 Å². The van der Waals surface area contributed by atoms with Crippen molar-refractivity contribution in [3.05, 3.63) is 76.2 Å². The minimum Gasteiger partial charge on any atom is -0.444 e. The van der Waals surface area contributed by atoms with Gasteiger partial charge in [-0.2, -0.15) is 5.10 Å². The average Bonchev–Trinajstić information content (AvgIpc) is 3.70. The van der Waals surface area contributed by atoms with Gasteiger partial charge in [-0.05, 0) is 132 Å². The molecule has 2 amide bonds. The van der Waals surface area contributed by atoms with E-state index < -0.39 is 46.1 Å². The van der Waals surface area contributed by atoms with E-state index >= 15 is 0 Å². The van der Waals surface area contributed by atoms with Crippen molar-refractivity contribution < 1.29 is 38.3 Å². The average molecular weight is 763 g/mol. The number of ether oxygens (including phenoxy) is 4. The summed E-state index contributed by atoms with van der Waals surface area (Å²) < 4.78 is 23.9. The molecule has 0 unspecified atom stereocenters. The molecule has 0 aliphatic heterocycles. The van der Waals surface area contributed by atoms with Crippen molar-refractivity contribution in [1.29, 1.82) is 0 Å². The first kappa shape index (κ1) is 42.3. The number of nitrogens with one attached hydrogen (secondary N) is 1. The van der Waals surface area contributed by atoms with Gasteiger partial charge >= 0.3 is 18.3 Å². The van der Waals surface area contributed by atoms with E-state index in [0.717, 1.165) is 5.69 Å². The summed E-state index contributed by atoms with van der Waals surface area (Å²) in [5, 5.41) is 18.8. The van der Waals surface area contributed by atoms with Crippen molar-refractivity contribution in [3.8, 4) is 5.75 Å². The van der Waals surface area contributed by atoms with Crippen LogP contribution in [0.15, 0.2) is 54.7 Å². The quantitative estimate of drug-likeness (QED) is 0.0647. The molecular formula is C40H54N6O9. The number of allylic oxidation sites excluding steroid dienone is 1. The van der Waals surface area contributed by atoms with E-state index in [1.54, 1.807) is 43.8 Å². The first-order chi connectivity index (χ1) is 25.6. The van der Waals surface area contributed by atoms with Crippen LogP contribution in [0.3, 0.4) is 0 Å². The molecular weight excluding hydrogens is 708 g/mol. The van der Waals surface area contributed by atoms with E-state index in [-0.39, 0.29) is 23.4 Å². The van der Waals surface area contributed by atoms with Gasteiger partial charge in [0.1, 0.15) is 28.9 Å². The summed E-state index contributed by atoms with van der Waals surface area (Å²) in [6.45, 7) is 18.8. The summed E-state index contributed by atoms with van der Waals surface area (Å²) in [5.74, 6) is 0.558. The van der Waals surface area contributed by atoms with Gasteiger partial charge in [0.05, 0.1) is 27.5 Å². The summed E-state index contributed by atoms with van der Waals surface area (Å²) >= 11 is 0. The molecule has 0 spiro atoms. The number of nitro groups is 1. The van der Waals surface area contributed by atoms with Gasteiger partial charge in [0.25, 0.3) is 5.69 Å². The number of benzene rings is 1. The van der Waals surface area contributed by atoms with E-state index in [9.17, 15) is 24.5 Å². The van der Waals surface area contributed by atoms with Gasteiger partial charge in [-0.25, -0.2) is 24.0 Å². The molecule has 2 heterocycles. The lowest BCUT2D eigenvalue weighted by Gasteiger charge is -2.30. The monoisotopic (exact) mass is 762 g/mol. The Morgan fingerprint density at radius 2 is 1.67 bits per heavy atom. The highest BCUT2D eigenvalue weighted by atomic mass is 16.7. The van der Waals surface area contributed by atoms with E-state index in [4.69, 9.17) is 24.0 Å². The maximum atomic E-state index is 14.0. The zero-order valence-corrected chi connectivity index (χ0v) is 33.5. The fourth-order valence-corrected chi connectivity index (χ4v) is 5.89. The Kier molecular flexibility index (Phi) is 13.3. The molecule has 1 fully saturated rings. The van der Waals surface area contributed by atoms with Crippen LogP contribution in [0.5, 0.6) is 5.75 Å². The Hall–Kier alpha value is -5.47. The fourth-order valence-electron chi connectivity index (χ4n) is 5.89. The molecule has 1 saturated carbocycles. The normalized spacial score (nSPS) is 16.7. The lowest BCUT2D eigenvalue weighted by Crippen LogP contribution is -2.37. The standard InChI is InChI=1S/C40H54N6O9/c1-26(42-35(47)54-39(5,6)7)13-11-12-14-28-24-30(21-22-41-28)44(36(48)55-40(8,9)10)34-25-33(43-45(34)38(2,3)4)27-15-18-32(23-27)53-37(49)52-31-19-16-29(17-20-31)46(50)51/h12,14,16-17,19-22,24-27,32H,11,13,15,18,23H2,1-10H3,(H,42,47)/b14-12+/t26-,27-,32+/m0/s1. The van der Waals surface area contributed by atoms with Gasteiger partial charge in [0, 0.05) is 36.4 Å². The smallest absolute Gasteiger partial charge is 0.444 e. The minimum atomic E-state index is -0.897. The molecule has 15 nitrogen and oxygen atoms in total. The van der Waals surface area contributed by atoms with Crippen LogP contribution in [0.2, 0.25) is 0 Å². The number of pyridine rings is 1. The predicted octanol–water partition coefficient (Wildman–Crippen LogP) is 9.57. The molecule has 0 saturated heterocycles. The first-order valence-corrected chi connectivity index (χ1v) is 18.5. The largest absolute Gasteiger partial charge is 0.514 e. The molecule has 298 valence electrons. The Morgan fingerprint density at radius 3 is 2.29 bits per heavy atom. The number of amides is 2. The van der Waals surface area contributed by atoms with Gasteiger partial charge in [0.15, 0.2) is 0 Å². The van der Waals surface area contributed by atoms with Crippen LogP contribution >= 0.6 is 0 Å². The third-order valence-electron chi connectivity index (χ3n) is 8.31. The molecule has 15 heteroatoms. The Labute approximate surface area is 322 Å². The predicted molar refractivity (Wildman–Crippen MR) is 208 cm³/mol. The molecule has 1 aromatic carbocycles. The number of rotatable bonds is 11. The number of carbonyl (C=O) groups is 3. The van der Waals surface area contributed by atoms with Crippen molar-refractivity contribution in [2.45, 2.75) is 136 Å². The molecule has 55 heavy (non-hydrogen) atoms. The molecule has 4 rings (SSSR count). The van der Waals surface area contributed by atoms with Crippen molar-refractivity contribution in [2.24, 2.45) is 0 Å². The highest BCUT2D eigenvalue weighted by Gasteiger charge is 2.36. The third-order valence-corrected chi connectivity index (χ3v) is 8.31. The fraction of sp³-hybridized carbons (Fsp3) is 0.525. The van der Waals surface area contributed by atoms with Crippen LogP contribution in [-0.2, 0) is 19.7 Å². The molecule has 1 aliphatic rings. The van der Waals surface area contributed by atoms with Crippen molar-refractivity contribution in [2.75, 3.05) is 4.90 Å². The minimum absolute atomic E-state index is 0.0804. The maximum absolute atomic E-state index is 14.0. The molecule has 0 radical (unpaired) electrons. The highest BCUT2D eigenvalue weighted by molar-refractivity contribution is 5.95. The van der Waals surface area contributed by atoms with Crippen LogP contribution in [0.4, 0.5) is 31.6 Å². The second kappa shape index (κ2) is 17.3. The topological polar surface area (TPSA) is 177 Å². The molecule has 2 aromatic heterocycles. The number of hydrogen-bond donors (Lipinski definition) is 1. The van der Waals surface area contributed by atoms with Gasteiger partial charge in [-0.15, -0.1) is 0 Å². The van der Waals surface area contributed by atoms with Gasteiger partial charge in [-0.3, -0.25) is 15.1 Å². The molecule has 1 N–H and O–H groups in total. The lowest BCUT2D eigenvalue weighted by atomic mass is 10.0. The molecule has 3 aromatic rings. The Bertz CT molecular complexity index is 1850. The van der Waals surface area contributed by atoms with E-state index in [1.165, 1.54) is 29.2 Å². The number of carbonyl (C=O) groups excluding carboxylic acids is 3. The Balaban J connectivity index is 1.53. The SMILES string of the molecule is C[C@@H](CC/C=C/c1cc(N(C(=O)OC(C)(C)C)c2cc([C@H]3CC[C@@H](OC(=O)Oc4ccc([N+](=O)[O-])cc4)C3)nn2C(C)(C)C)ccn1)NC(=O)OC(C)(C)C. The van der Waals surface area contributed by atoms with E-state index in [1.807, 2.05) is 66.7 Å². The maximum Gasteiger partial charge on any atom is 0.514 e. The van der Waals surface area contributed by atoms with Crippen molar-refractivity contribution in [3.63, 3.8) is 0 Å². The number of hydrogen-bond acceptors (Lipinski definition) is 11. The van der Waals surface area contributed by atoms with Crippen LogP contribution in [0, 0.1) is 10.1 Å². The van der Waals surface area contributed by atoms with Gasteiger partial charge < -0.3 is 24.3 Å². The third kappa shape index (κ3) is 12.8. The van der Waals surface area contributed by atoms with Gasteiger partial charge in [-0.1, -0.05) is 6.08 Å². The summed E-state index contributed by atoms with van der Waals surface area (Å²) in [5.41, 5.74) is -0.142. The number of alkyl carbamates (subject to hydrolysis) is 1. The number of anilines is 2. The van der Waals surface area contributed by atoms with Crippen LogP contribution in [0.25, 0.3) is 6.08 Å². The second-order valence-corrected chi connectivity index (χ2v) is 16.6. The first-order valence-electron chi connectivity index (χ1n) is 18.5. The molecule has 1 aliphatic carbocycles. The molecule has 0 bridgehead atoms.